The first-order valence-electron chi connectivity index (χ1n) is 9.45. The molecular weight excluding hydrogens is 354 g/mol. The number of fused-ring (bicyclic) bond motifs is 1. The van der Waals surface area contributed by atoms with E-state index in [-0.39, 0.29) is 12.5 Å². The van der Waals surface area contributed by atoms with Crippen LogP contribution in [-0.4, -0.2) is 25.6 Å². The monoisotopic (exact) mass is 379 g/mol. The van der Waals surface area contributed by atoms with Crippen LogP contribution in [0.5, 0.6) is 5.75 Å². The molecule has 0 fully saturated rings. The average Bonchev–Trinajstić information content (AvgIpc) is 3.09. The van der Waals surface area contributed by atoms with E-state index in [0.29, 0.717) is 18.7 Å². The molecule has 0 aromatic heterocycles. The van der Waals surface area contributed by atoms with Gasteiger partial charge < -0.3 is 14.8 Å². The molecule has 1 amide bonds. The SMILES string of the molecule is CCC1=C(CC(=O)NCc2ccccc2)c2c(cccc2OCC(=O)OC)C1. The Kier molecular flexibility index (Phi) is 6.48. The lowest BCUT2D eigenvalue weighted by Gasteiger charge is -2.14. The highest BCUT2D eigenvalue weighted by atomic mass is 16.6. The molecule has 0 saturated carbocycles. The summed E-state index contributed by atoms with van der Waals surface area (Å²) in [5, 5.41) is 2.99. The maximum atomic E-state index is 12.6. The highest BCUT2D eigenvalue weighted by molar-refractivity contribution is 5.93. The third kappa shape index (κ3) is 4.60. The Bertz CT molecular complexity index is 887. The largest absolute Gasteiger partial charge is 0.481 e. The topological polar surface area (TPSA) is 64.6 Å². The van der Waals surface area contributed by atoms with Crippen LogP contribution in [0.2, 0.25) is 0 Å². The van der Waals surface area contributed by atoms with Gasteiger partial charge in [-0.25, -0.2) is 4.79 Å². The van der Waals surface area contributed by atoms with Gasteiger partial charge in [0.1, 0.15) is 5.75 Å². The highest BCUT2D eigenvalue weighted by Gasteiger charge is 2.26. The zero-order valence-electron chi connectivity index (χ0n) is 16.3. The first-order valence-corrected chi connectivity index (χ1v) is 9.45. The predicted molar refractivity (Wildman–Crippen MR) is 108 cm³/mol. The van der Waals surface area contributed by atoms with E-state index in [9.17, 15) is 9.59 Å². The fourth-order valence-electron chi connectivity index (χ4n) is 3.47. The lowest BCUT2D eigenvalue weighted by atomic mass is 10.00. The highest BCUT2D eigenvalue weighted by Crippen LogP contribution is 2.41. The number of benzene rings is 2. The fourth-order valence-corrected chi connectivity index (χ4v) is 3.47. The number of hydrogen-bond donors (Lipinski definition) is 1. The number of amides is 1. The van der Waals surface area contributed by atoms with Crippen molar-refractivity contribution in [2.75, 3.05) is 13.7 Å². The molecule has 1 aliphatic carbocycles. The maximum absolute atomic E-state index is 12.6. The van der Waals surface area contributed by atoms with Crippen LogP contribution in [0.15, 0.2) is 54.1 Å². The molecule has 1 N–H and O–H groups in total. The van der Waals surface area contributed by atoms with Crippen molar-refractivity contribution in [3.8, 4) is 5.75 Å². The van der Waals surface area contributed by atoms with Gasteiger partial charge in [0.25, 0.3) is 0 Å². The first-order chi connectivity index (χ1) is 13.6. The standard InChI is InChI=1S/C23H25NO4/c1-3-17-12-18-10-7-11-20(28-15-22(26)27-2)23(18)19(17)13-21(25)24-14-16-8-5-4-6-9-16/h4-11H,3,12-15H2,1-2H3,(H,24,25). The molecule has 0 atom stereocenters. The molecule has 0 unspecified atom stereocenters. The average molecular weight is 379 g/mol. The molecule has 5 nitrogen and oxygen atoms in total. The van der Waals surface area contributed by atoms with Gasteiger partial charge in [-0.05, 0) is 35.6 Å². The number of carbonyl (C=O) groups is 2. The summed E-state index contributed by atoms with van der Waals surface area (Å²) in [5.41, 5.74) is 5.38. The molecule has 28 heavy (non-hydrogen) atoms. The van der Waals surface area contributed by atoms with Gasteiger partial charge in [0.05, 0.1) is 13.5 Å². The van der Waals surface area contributed by atoms with Gasteiger partial charge in [-0.3, -0.25) is 4.79 Å². The number of carbonyl (C=O) groups excluding carboxylic acids is 2. The summed E-state index contributed by atoms with van der Waals surface area (Å²) in [6.07, 6.45) is 1.97. The molecule has 3 rings (SSSR count). The van der Waals surface area contributed by atoms with Crippen LogP contribution in [0.3, 0.4) is 0 Å². The van der Waals surface area contributed by atoms with Gasteiger partial charge in [0.2, 0.25) is 5.91 Å². The van der Waals surface area contributed by atoms with Crippen molar-refractivity contribution in [2.45, 2.75) is 32.7 Å². The molecule has 5 heteroatoms. The summed E-state index contributed by atoms with van der Waals surface area (Å²) in [5.74, 6) is 0.162. The zero-order chi connectivity index (χ0) is 19.9. The Balaban J connectivity index is 1.75. The summed E-state index contributed by atoms with van der Waals surface area (Å²) < 4.78 is 10.4. The Labute approximate surface area is 165 Å². The van der Waals surface area contributed by atoms with Crippen LogP contribution >= 0.6 is 0 Å². The van der Waals surface area contributed by atoms with Crippen LogP contribution in [0.1, 0.15) is 36.5 Å². The number of methoxy groups -OCH3 is 1. The van der Waals surface area contributed by atoms with Gasteiger partial charge >= 0.3 is 5.97 Å². The van der Waals surface area contributed by atoms with Crippen LogP contribution in [-0.2, 0) is 27.3 Å². The summed E-state index contributed by atoms with van der Waals surface area (Å²) in [4.78, 5) is 24.1. The van der Waals surface area contributed by atoms with E-state index in [1.54, 1.807) is 0 Å². The Hall–Kier alpha value is -3.08. The molecule has 0 radical (unpaired) electrons. The quantitative estimate of drug-likeness (QED) is 0.711. The fraction of sp³-hybridized carbons (Fsp3) is 0.304. The van der Waals surface area contributed by atoms with E-state index in [2.05, 4.69) is 17.0 Å². The number of esters is 1. The molecule has 2 aromatic rings. The van der Waals surface area contributed by atoms with E-state index in [0.717, 1.165) is 35.1 Å². The van der Waals surface area contributed by atoms with Crippen molar-refractivity contribution in [3.05, 3.63) is 70.8 Å². The molecule has 0 spiro atoms. The van der Waals surface area contributed by atoms with E-state index in [4.69, 9.17) is 4.74 Å². The molecule has 0 aliphatic heterocycles. The molecular formula is C23H25NO4. The zero-order valence-corrected chi connectivity index (χ0v) is 16.3. The number of hydrogen-bond acceptors (Lipinski definition) is 4. The molecule has 146 valence electrons. The van der Waals surface area contributed by atoms with Crippen molar-refractivity contribution in [2.24, 2.45) is 0 Å². The van der Waals surface area contributed by atoms with Gasteiger partial charge in [-0.1, -0.05) is 55.0 Å². The van der Waals surface area contributed by atoms with Crippen molar-refractivity contribution in [3.63, 3.8) is 0 Å². The Morgan fingerprint density at radius 1 is 1.07 bits per heavy atom. The second kappa shape index (κ2) is 9.22. The number of ether oxygens (including phenoxy) is 2. The van der Waals surface area contributed by atoms with Gasteiger partial charge in [-0.15, -0.1) is 0 Å². The van der Waals surface area contributed by atoms with E-state index in [1.165, 1.54) is 12.7 Å². The van der Waals surface area contributed by atoms with Gasteiger partial charge in [0, 0.05) is 12.1 Å². The number of rotatable bonds is 8. The van der Waals surface area contributed by atoms with E-state index < -0.39 is 5.97 Å². The van der Waals surface area contributed by atoms with Crippen molar-refractivity contribution >= 4 is 17.4 Å². The molecule has 0 heterocycles. The van der Waals surface area contributed by atoms with Crippen LogP contribution < -0.4 is 10.1 Å². The third-order valence-corrected chi connectivity index (χ3v) is 4.91. The molecule has 0 saturated heterocycles. The van der Waals surface area contributed by atoms with Crippen LogP contribution in [0.4, 0.5) is 0 Å². The van der Waals surface area contributed by atoms with Crippen molar-refractivity contribution in [1.82, 2.24) is 5.32 Å². The smallest absolute Gasteiger partial charge is 0.343 e. The van der Waals surface area contributed by atoms with Crippen molar-refractivity contribution in [1.29, 1.82) is 0 Å². The maximum Gasteiger partial charge on any atom is 0.343 e. The minimum Gasteiger partial charge on any atom is -0.481 e. The van der Waals surface area contributed by atoms with E-state index >= 15 is 0 Å². The van der Waals surface area contributed by atoms with Crippen LogP contribution in [0.25, 0.3) is 5.57 Å². The Morgan fingerprint density at radius 2 is 1.86 bits per heavy atom. The lowest BCUT2D eigenvalue weighted by molar-refractivity contribution is -0.142. The number of allylic oxidation sites excluding steroid dienone is 1. The molecule has 2 aromatic carbocycles. The normalized spacial score (nSPS) is 12.5. The minimum atomic E-state index is -0.433. The summed E-state index contributed by atoms with van der Waals surface area (Å²) in [7, 11) is 1.33. The first kappa shape index (κ1) is 19.7. The second-order valence-corrected chi connectivity index (χ2v) is 6.71. The molecule has 0 bridgehead atoms. The lowest BCUT2D eigenvalue weighted by Crippen LogP contribution is -2.23. The van der Waals surface area contributed by atoms with Crippen molar-refractivity contribution < 1.29 is 19.1 Å². The summed E-state index contributed by atoms with van der Waals surface area (Å²) >= 11 is 0. The van der Waals surface area contributed by atoms with Gasteiger partial charge in [-0.2, -0.15) is 0 Å². The third-order valence-electron chi connectivity index (χ3n) is 4.91. The Morgan fingerprint density at radius 3 is 2.57 bits per heavy atom. The summed E-state index contributed by atoms with van der Waals surface area (Å²) in [6.45, 7) is 2.45. The van der Waals surface area contributed by atoms with E-state index in [1.807, 2.05) is 48.5 Å². The number of nitrogens with one attached hydrogen (secondary N) is 1. The second-order valence-electron chi connectivity index (χ2n) is 6.71. The summed E-state index contributed by atoms with van der Waals surface area (Å²) in [6, 6.07) is 15.6. The predicted octanol–water partition coefficient (Wildman–Crippen LogP) is 3.66. The molecule has 1 aliphatic rings. The van der Waals surface area contributed by atoms with Gasteiger partial charge in [0.15, 0.2) is 6.61 Å². The van der Waals surface area contributed by atoms with Crippen LogP contribution in [0, 0.1) is 0 Å². The minimum absolute atomic E-state index is 0.0274.